The molecule has 0 spiro atoms. The van der Waals surface area contributed by atoms with Crippen molar-refractivity contribution in [3.8, 4) is 0 Å². The van der Waals surface area contributed by atoms with Crippen LogP contribution in [-0.4, -0.2) is 52.0 Å². The maximum absolute atomic E-state index is 12.4. The Morgan fingerprint density at radius 2 is 2.24 bits per heavy atom. The summed E-state index contributed by atoms with van der Waals surface area (Å²) in [6.45, 7) is 2.47. The van der Waals surface area contributed by atoms with Crippen LogP contribution in [0.15, 0.2) is 24.4 Å². The number of aliphatic hydroxyl groups excluding tert-OH is 1. The molecule has 0 aliphatic heterocycles. The monoisotopic (exact) mass is 290 g/mol. The number of pyridine rings is 1. The Morgan fingerprint density at radius 1 is 1.48 bits per heavy atom. The van der Waals surface area contributed by atoms with Gasteiger partial charge in [-0.25, -0.2) is 4.98 Å². The van der Waals surface area contributed by atoms with E-state index in [4.69, 9.17) is 0 Å². The van der Waals surface area contributed by atoms with E-state index in [2.05, 4.69) is 10.3 Å². The number of nitrogens with one attached hydrogen (secondary N) is 1. The first-order chi connectivity index (χ1) is 10.1. The predicted octanol–water partition coefficient (Wildman–Crippen LogP) is 0.897. The fourth-order valence-corrected chi connectivity index (χ4v) is 2.21. The van der Waals surface area contributed by atoms with Crippen molar-refractivity contribution in [1.82, 2.24) is 19.6 Å². The van der Waals surface area contributed by atoms with Crippen LogP contribution < -0.4 is 5.32 Å². The molecule has 0 aromatic carbocycles. The highest BCUT2D eigenvalue weighted by molar-refractivity contribution is 5.94. The molecular formula is C15H22N4O2. The van der Waals surface area contributed by atoms with Gasteiger partial charge in [0.05, 0.1) is 18.3 Å². The van der Waals surface area contributed by atoms with Crippen molar-refractivity contribution in [3.05, 3.63) is 35.8 Å². The molecule has 0 bridgehead atoms. The van der Waals surface area contributed by atoms with Crippen LogP contribution in [-0.2, 0) is 6.54 Å². The lowest BCUT2D eigenvalue weighted by atomic mass is 10.2. The Hall–Kier alpha value is -1.92. The largest absolute Gasteiger partial charge is 0.394 e. The zero-order valence-electron chi connectivity index (χ0n) is 12.7. The number of carbonyl (C=O) groups is 1. The number of fused-ring (bicyclic) bond motifs is 1. The van der Waals surface area contributed by atoms with Crippen molar-refractivity contribution in [3.63, 3.8) is 0 Å². The molecule has 2 heterocycles. The number of aliphatic hydroxyl groups is 1. The molecule has 0 saturated carbocycles. The first kappa shape index (κ1) is 15.5. The minimum Gasteiger partial charge on any atom is -0.394 e. The van der Waals surface area contributed by atoms with Gasteiger partial charge in [-0.1, -0.05) is 13.0 Å². The van der Waals surface area contributed by atoms with Crippen molar-refractivity contribution in [2.75, 3.05) is 20.7 Å². The second-order valence-electron chi connectivity index (χ2n) is 5.33. The molecule has 1 amide bonds. The normalized spacial score (nSPS) is 12.8. The van der Waals surface area contributed by atoms with Crippen LogP contribution in [0, 0.1) is 0 Å². The van der Waals surface area contributed by atoms with Crippen LogP contribution in [0.2, 0.25) is 0 Å². The van der Waals surface area contributed by atoms with E-state index in [9.17, 15) is 9.90 Å². The summed E-state index contributed by atoms with van der Waals surface area (Å²) >= 11 is 0. The third-order valence-electron chi connectivity index (χ3n) is 3.36. The Kier molecular flexibility index (Phi) is 4.93. The number of hydrogen-bond acceptors (Lipinski definition) is 4. The van der Waals surface area contributed by atoms with Gasteiger partial charge >= 0.3 is 0 Å². The van der Waals surface area contributed by atoms with E-state index in [1.807, 2.05) is 54.7 Å². The third-order valence-corrected chi connectivity index (χ3v) is 3.36. The average molecular weight is 290 g/mol. The van der Waals surface area contributed by atoms with Gasteiger partial charge in [0, 0.05) is 12.7 Å². The molecule has 114 valence electrons. The highest BCUT2D eigenvalue weighted by Gasteiger charge is 2.20. The van der Waals surface area contributed by atoms with Gasteiger partial charge in [0.1, 0.15) is 5.65 Å². The van der Waals surface area contributed by atoms with Gasteiger partial charge in [-0.2, -0.15) is 0 Å². The molecule has 2 aromatic rings. The number of rotatable bonds is 6. The van der Waals surface area contributed by atoms with Crippen molar-refractivity contribution in [1.29, 1.82) is 0 Å². The summed E-state index contributed by atoms with van der Waals surface area (Å²) in [6.07, 6.45) is 2.58. The Morgan fingerprint density at radius 3 is 2.86 bits per heavy atom. The van der Waals surface area contributed by atoms with E-state index >= 15 is 0 Å². The molecule has 2 N–H and O–H groups in total. The topological polar surface area (TPSA) is 69.9 Å². The number of aromatic nitrogens is 2. The second-order valence-corrected chi connectivity index (χ2v) is 5.33. The molecule has 0 aliphatic rings. The van der Waals surface area contributed by atoms with E-state index in [0.29, 0.717) is 18.7 Å². The highest BCUT2D eigenvalue weighted by atomic mass is 16.3. The van der Waals surface area contributed by atoms with E-state index in [1.165, 1.54) is 0 Å². The minimum absolute atomic E-state index is 0.0708. The fourth-order valence-electron chi connectivity index (χ4n) is 2.21. The number of carbonyl (C=O) groups excluding carboxylic acids is 1. The molecule has 21 heavy (non-hydrogen) atoms. The van der Waals surface area contributed by atoms with Crippen LogP contribution in [0.1, 0.15) is 29.5 Å². The first-order valence-electron chi connectivity index (χ1n) is 7.09. The van der Waals surface area contributed by atoms with Gasteiger partial charge < -0.3 is 19.7 Å². The Balaban J connectivity index is 2.39. The number of hydrogen-bond donors (Lipinski definition) is 2. The molecule has 0 radical (unpaired) electrons. The molecule has 0 fully saturated rings. The van der Waals surface area contributed by atoms with Crippen LogP contribution in [0.25, 0.3) is 5.65 Å². The molecule has 0 saturated heterocycles. The van der Waals surface area contributed by atoms with E-state index in [0.717, 1.165) is 11.3 Å². The molecule has 2 rings (SSSR count). The molecular weight excluding hydrogens is 268 g/mol. The SMILES string of the molecule is CCC(CO)NC(=O)c1nc2ccccn2c1CN(C)C. The summed E-state index contributed by atoms with van der Waals surface area (Å²) in [5.41, 5.74) is 2.01. The molecule has 6 nitrogen and oxygen atoms in total. The summed E-state index contributed by atoms with van der Waals surface area (Å²) < 4.78 is 1.93. The second kappa shape index (κ2) is 6.69. The lowest BCUT2D eigenvalue weighted by Crippen LogP contribution is -2.37. The Labute approximate surface area is 124 Å². The van der Waals surface area contributed by atoms with Gasteiger partial charge in [-0.15, -0.1) is 0 Å². The standard InChI is InChI=1S/C15H22N4O2/c1-4-11(10-20)16-15(21)14-12(9-18(2)3)19-8-6-5-7-13(19)17-14/h5-8,11,20H,4,9-10H2,1-3H3,(H,16,21). The Bertz CT molecular complexity index is 617. The highest BCUT2D eigenvalue weighted by Crippen LogP contribution is 2.14. The van der Waals surface area contributed by atoms with Gasteiger partial charge in [-0.3, -0.25) is 4.79 Å². The number of nitrogens with zero attached hydrogens (tertiary/aromatic N) is 3. The van der Waals surface area contributed by atoms with Crippen LogP contribution >= 0.6 is 0 Å². The summed E-state index contributed by atoms with van der Waals surface area (Å²) in [5, 5.41) is 12.1. The molecule has 1 unspecified atom stereocenters. The lowest BCUT2D eigenvalue weighted by molar-refractivity contribution is 0.0908. The quantitative estimate of drug-likeness (QED) is 0.829. The van der Waals surface area contributed by atoms with Gasteiger partial charge in [0.15, 0.2) is 5.69 Å². The lowest BCUT2D eigenvalue weighted by Gasteiger charge is -2.15. The van der Waals surface area contributed by atoms with Crippen molar-refractivity contribution >= 4 is 11.6 Å². The number of amides is 1. The summed E-state index contributed by atoms with van der Waals surface area (Å²) in [5.74, 6) is -0.239. The maximum atomic E-state index is 12.4. The molecule has 2 aromatic heterocycles. The van der Waals surface area contributed by atoms with Gasteiger partial charge in [-0.05, 0) is 32.6 Å². The van der Waals surface area contributed by atoms with Crippen molar-refractivity contribution < 1.29 is 9.90 Å². The molecule has 1 atom stereocenters. The van der Waals surface area contributed by atoms with Crippen molar-refractivity contribution in [2.24, 2.45) is 0 Å². The summed E-state index contributed by atoms with van der Waals surface area (Å²) in [4.78, 5) is 18.9. The van der Waals surface area contributed by atoms with Crippen LogP contribution in [0.4, 0.5) is 0 Å². The smallest absolute Gasteiger partial charge is 0.272 e. The summed E-state index contributed by atoms with van der Waals surface area (Å²) in [6, 6.07) is 5.44. The zero-order valence-corrected chi connectivity index (χ0v) is 12.7. The average Bonchev–Trinajstić information content (AvgIpc) is 2.83. The van der Waals surface area contributed by atoms with E-state index in [-0.39, 0.29) is 18.6 Å². The minimum atomic E-state index is -0.241. The van der Waals surface area contributed by atoms with Crippen LogP contribution in [0.3, 0.4) is 0 Å². The zero-order chi connectivity index (χ0) is 15.4. The molecule has 6 heteroatoms. The number of imidazole rings is 1. The summed E-state index contributed by atoms with van der Waals surface area (Å²) in [7, 11) is 3.90. The fraction of sp³-hybridized carbons (Fsp3) is 0.467. The molecule has 0 aliphatic carbocycles. The third kappa shape index (κ3) is 3.40. The van der Waals surface area contributed by atoms with Crippen molar-refractivity contribution in [2.45, 2.75) is 25.9 Å². The van der Waals surface area contributed by atoms with Crippen LogP contribution in [0.5, 0.6) is 0 Å². The maximum Gasteiger partial charge on any atom is 0.272 e. The van der Waals surface area contributed by atoms with E-state index < -0.39 is 0 Å². The predicted molar refractivity (Wildman–Crippen MR) is 81.2 cm³/mol. The van der Waals surface area contributed by atoms with Gasteiger partial charge in [0.25, 0.3) is 5.91 Å². The first-order valence-corrected chi connectivity index (χ1v) is 7.09. The van der Waals surface area contributed by atoms with Gasteiger partial charge in [0.2, 0.25) is 0 Å². The van der Waals surface area contributed by atoms with E-state index in [1.54, 1.807) is 0 Å².